The highest BCUT2D eigenvalue weighted by Crippen LogP contribution is 2.20. The van der Waals surface area contributed by atoms with E-state index in [4.69, 9.17) is 0 Å². The second-order valence-corrected chi connectivity index (χ2v) is 2.94. The molecule has 1 radical (unpaired) electrons. The lowest BCUT2D eigenvalue weighted by Crippen LogP contribution is -1.78. The van der Waals surface area contributed by atoms with Crippen molar-refractivity contribution in [1.29, 1.82) is 0 Å². The number of benzene rings is 1. The molecule has 9 heavy (non-hydrogen) atoms. The van der Waals surface area contributed by atoms with Crippen LogP contribution in [0, 0.1) is 4.58 Å². The van der Waals surface area contributed by atoms with Gasteiger partial charge in [0, 0.05) is 0 Å². The molecule has 47 valence electrons. The second kappa shape index (κ2) is 3.18. The minimum atomic E-state index is 0.760. The molecule has 0 N–H and O–H groups in total. The van der Waals surface area contributed by atoms with Crippen molar-refractivity contribution in [2.24, 2.45) is 0 Å². The van der Waals surface area contributed by atoms with Crippen LogP contribution in [0.3, 0.4) is 0 Å². The van der Waals surface area contributed by atoms with Crippen LogP contribution in [-0.2, 0) is 0 Å². The van der Waals surface area contributed by atoms with E-state index in [9.17, 15) is 0 Å². The Hall–Kier alpha value is -0.0800. The molecule has 0 amide bonds. The van der Waals surface area contributed by atoms with Crippen LogP contribution in [0.4, 0.5) is 0 Å². The monoisotopic (exact) mass is 155 g/mol. The molecule has 0 fully saturated rings. The van der Waals surface area contributed by atoms with Crippen LogP contribution in [0.5, 0.6) is 0 Å². The highest BCUT2D eigenvalue weighted by molar-refractivity contribution is 8.03. The largest absolute Gasteiger partial charge is 0.154 e. The highest BCUT2D eigenvalue weighted by Gasteiger charge is 1.96. The van der Waals surface area contributed by atoms with Crippen LogP contribution in [-0.4, -0.2) is 0 Å². The van der Waals surface area contributed by atoms with E-state index < -0.39 is 0 Å². The number of hydrogen-bond donors (Lipinski definition) is 2. The van der Waals surface area contributed by atoms with Crippen molar-refractivity contribution in [3.8, 4) is 0 Å². The highest BCUT2D eigenvalue weighted by atomic mass is 32.2. The van der Waals surface area contributed by atoms with Gasteiger partial charge < -0.3 is 0 Å². The first-order valence-corrected chi connectivity index (χ1v) is 3.50. The smallest absolute Gasteiger partial charge is 0.108 e. The van der Waals surface area contributed by atoms with Gasteiger partial charge in [0.05, 0.1) is 0 Å². The summed E-state index contributed by atoms with van der Waals surface area (Å²) < 4.78 is 0.760. The molecular formula is C7H7S2. The van der Waals surface area contributed by atoms with E-state index in [-0.39, 0.29) is 0 Å². The summed E-state index contributed by atoms with van der Waals surface area (Å²) in [5, 5.41) is 0. The number of hydrogen-bond acceptors (Lipinski definition) is 2. The van der Waals surface area contributed by atoms with E-state index in [0.717, 1.165) is 10.1 Å². The molecule has 0 aliphatic carbocycles. The Morgan fingerprint density at radius 1 is 1.00 bits per heavy atom. The Labute approximate surface area is 66.1 Å². The summed E-state index contributed by atoms with van der Waals surface area (Å²) in [5.41, 5.74) is 1.06. The van der Waals surface area contributed by atoms with Gasteiger partial charge in [0.1, 0.15) is 4.58 Å². The summed E-state index contributed by atoms with van der Waals surface area (Å²) in [5.74, 6) is 0. The van der Waals surface area contributed by atoms with Crippen molar-refractivity contribution < 1.29 is 0 Å². The van der Waals surface area contributed by atoms with Crippen molar-refractivity contribution >= 4 is 25.3 Å². The lowest BCUT2D eigenvalue weighted by molar-refractivity contribution is 1.58. The summed E-state index contributed by atoms with van der Waals surface area (Å²) in [4.78, 5) is 0. The molecule has 0 spiro atoms. The van der Waals surface area contributed by atoms with Gasteiger partial charge in [0.25, 0.3) is 0 Å². The summed E-state index contributed by atoms with van der Waals surface area (Å²) in [6, 6.07) is 9.82. The third kappa shape index (κ3) is 1.95. The molecule has 0 unspecified atom stereocenters. The molecule has 0 aliphatic rings. The molecular weight excluding hydrogens is 148 g/mol. The average Bonchev–Trinajstić information content (AvgIpc) is 1.90. The van der Waals surface area contributed by atoms with Crippen LogP contribution >= 0.6 is 25.3 Å². The molecule has 0 saturated heterocycles. The van der Waals surface area contributed by atoms with Gasteiger partial charge in [-0.1, -0.05) is 30.3 Å². The van der Waals surface area contributed by atoms with E-state index >= 15 is 0 Å². The van der Waals surface area contributed by atoms with E-state index in [1.807, 2.05) is 30.3 Å². The third-order valence-electron chi connectivity index (χ3n) is 1.03. The fraction of sp³-hybridized carbons (Fsp3) is 0. The Morgan fingerprint density at radius 3 is 1.89 bits per heavy atom. The molecule has 0 nitrogen and oxygen atoms in total. The van der Waals surface area contributed by atoms with Crippen molar-refractivity contribution in [3.63, 3.8) is 0 Å². The molecule has 2 heteroatoms. The Bertz CT molecular complexity index is 170. The van der Waals surface area contributed by atoms with Crippen LogP contribution < -0.4 is 0 Å². The quantitative estimate of drug-likeness (QED) is 0.572. The van der Waals surface area contributed by atoms with Gasteiger partial charge >= 0.3 is 0 Å². The van der Waals surface area contributed by atoms with E-state index in [1.165, 1.54) is 0 Å². The summed E-state index contributed by atoms with van der Waals surface area (Å²) in [6.45, 7) is 0. The molecule has 0 aromatic heterocycles. The average molecular weight is 155 g/mol. The lowest BCUT2D eigenvalue weighted by Gasteiger charge is -1.98. The fourth-order valence-corrected chi connectivity index (χ4v) is 0.885. The Kier molecular flexibility index (Phi) is 2.49. The zero-order valence-electron chi connectivity index (χ0n) is 4.78. The normalized spacial score (nSPS) is 10.1. The maximum atomic E-state index is 4.07. The van der Waals surface area contributed by atoms with Gasteiger partial charge in [-0.2, -0.15) is 25.3 Å². The maximum Gasteiger partial charge on any atom is 0.108 e. The van der Waals surface area contributed by atoms with Gasteiger partial charge in [0.2, 0.25) is 0 Å². The minimum absolute atomic E-state index is 0.760. The Morgan fingerprint density at radius 2 is 1.56 bits per heavy atom. The second-order valence-electron chi connectivity index (χ2n) is 1.69. The molecule has 0 saturated carbocycles. The molecule has 0 bridgehead atoms. The predicted octanol–water partition coefficient (Wildman–Crippen LogP) is 2.38. The van der Waals surface area contributed by atoms with Crippen LogP contribution in [0.2, 0.25) is 0 Å². The zero-order chi connectivity index (χ0) is 6.69. The first-order valence-electron chi connectivity index (χ1n) is 2.61. The summed E-state index contributed by atoms with van der Waals surface area (Å²) in [6.07, 6.45) is 0. The SMILES string of the molecule is S[C](S)c1ccccc1. The van der Waals surface area contributed by atoms with E-state index in [2.05, 4.69) is 25.3 Å². The van der Waals surface area contributed by atoms with Crippen molar-refractivity contribution in [1.82, 2.24) is 0 Å². The molecule has 1 aromatic carbocycles. The van der Waals surface area contributed by atoms with Crippen molar-refractivity contribution in [2.75, 3.05) is 0 Å². The van der Waals surface area contributed by atoms with Gasteiger partial charge in [0.15, 0.2) is 0 Å². The van der Waals surface area contributed by atoms with Gasteiger partial charge in [-0.05, 0) is 5.56 Å². The van der Waals surface area contributed by atoms with Gasteiger partial charge in [-0.3, -0.25) is 0 Å². The molecule has 1 rings (SSSR count). The standard InChI is InChI=1S/C7H7S2/c8-7(9)6-4-2-1-3-5-6/h1-5,8-9H. The number of thiol groups is 2. The molecule has 1 aromatic rings. The minimum Gasteiger partial charge on any atom is -0.154 e. The van der Waals surface area contributed by atoms with E-state index in [1.54, 1.807) is 0 Å². The summed E-state index contributed by atoms with van der Waals surface area (Å²) in [7, 11) is 0. The topological polar surface area (TPSA) is 0 Å². The maximum absolute atomic E-state index is 4.07. The summed E-state index contributed by atoms with van der Waals surface area (Å²) >= 11 is 8.14. The lowest BCUT2D eigenvalue weighted by atomic mass is 10.2. The number of rotatable bonds is 1. The van der Waals surface area contributed by atoms with Crippen molar-refractivity contribution in [3.05, 3.63) is 40.5 Å². The fourth-order valence-electron chi connectivity index (χ4n) is 0.587. The molecule has 0 aliphatic heterocycles. The zero-order valence-corrected chi connectivity index (χ0v) is 6.57. The Balaban J connectivity index is 2.85. The van der Waals surface area contributed by atoms with Gasteiger partial charge in [-0.25, -0.2) is 0 Å². The predicted molar refractivity (Wildman–Crippen MR) is 46.8 cm³/mol. The van der Waals surface area contributed by atoms with Crippen LogP contribution in [0.1, 0.15) is 5.56 Å². The van der Waals surface area contributed by atoms with Gasteiger partial charge in [-0.15, -0.1) is 0 Å². The first-order chi connectivity index (χ1) is 4.30. The van der Waals surface area contributed by atoms with Crippen LogP contribution in [0.25, 0.3) is 0 Å². The molecule has 0 atom stereocenters. The van der Waals surface area contributed by atoms with E-state index in [0.29, 0.717) is 0 Å². The van der Waals surface area contributed by atoms with Crippen molar-refractivity contribution in [2.45, 2.75) is 0 Å². The van der Waals surface area contributed by atoms with Crippen LogP contribution in [0.15, 0.2) is 30.3 Å². The first kappa shape index (κ1) is 7.03. The molecule has 0 heterocycles. The third-order valence-corrected chi connectivity index (χ3v) is 1.55.